The molecule has 1 unspecified atom stereocenters. The number of H-pyrrole nitrogens is 1. The van der Waals surface area contributed by atoms with E-state index in [0.717, 1.165) is 0 Å². The van der Waals surface area contributed by atoms with Gasteiger partial charge in [-0.05, 0) is 13.8 Å². The van der Waals surface area contributed by atoms with Crippen molar-refractivity contribution in [2.45, 2.75) is 18.7 Å². The molecule has 1 heterocycles. The molecular formula is C11H15BrN4O4. The highest BCUT2D eigenvalue weighted by molar-refractivity contribution is 9.10. The van der Waals surface area contributed by atoms with Crippen LogP contribution in [0.25, 0.3) is 0 Å². The number of halogens is 1. The highest BCUT2D eigenvalue weighted by Crippen LogP contribution is 1.99. The van der Waals surface area contributed by atoms with Crippen LogP contribution in [-0.4, -0.2) is 39.9 Å². The minimum Gasteiger partial charge on any atom is -0.463 e. The van der Waals surface area contributed by atoms with Crippen molar-refractivity contribution in [3.8, 4) is 0 Å². The van der Waals surface area contributed by atoms with Crippen molar-refractivity contribution < 1.29 is 14.3 Å². The lowest BCUT2D eigenvalue weighted by molar-refractivity contribution is -0.142. The molecular weight excluding hydrogens is 332 g/mol. The Morgan fingerprint density at radius 2 is 2.25 bits per heavy atom. The fourth-order valence-corrected chi connectivity index (χ4v) is 1.35. The molecule has 0 aromatic carbocycles. The molecule has 1 atom stereocenters. The normalized spacial score (nSPS) is 11.6. The lowest BCUT2D eigenvalue weighted by Crippen LogP contribution is -2.33. The topological polar surface area (TPSA) is 113 Å². The molecule has 0 saturated carbocycles. The maximum absolute atomic E-state index is 11.5. The zero-order chi connectivity index (χ0) is 15.1. The van der Waals surface area contributed by atoms with Gasteiger partial charge in [0.1, 0.15) is 11.4 Å². The van der Waals surface area contributed by atoms with Gasteiger partial charge in [-0.2, -0.15) is 0 Å². The van der Waals surface area contributed by atoms with E-state index in [-0.39, 0.29) is 24.7 Å². The minimum atomic E-state index is -0.554. The third kappa shape index (κ3) is 5.83. The number of carbonyl (C=O) groups excluding carboxylic acids is 2. The van der Waals surface area contributed by atoms with E-state index in [1.807, 2.05) is 0 Å². The number of hydrogen-bond donors (Lipinski definition) is 3. The number of ether oxygens (including phenoxy) is 1. The largest absolute Gasteiger partial charge is 0.463 e. The van der Waals surface area contributed by atoms with Gasteiger partial charge in [-0.25, -0.2) is 9.78 Å². The summed E-state index contributed by atoms with van der Waals surface area (Å²) in [4.78, 5) is 39.7. The van der Waals surface area contributed by atoms with E-state index in [4.69, 9.17) is 4.74 Å². The molecule has 0 fully saturated rings. The second-order valence-corrected chi connectivity index (χ2v) is 5.27. The lowest BCUT2D eigenvalue weighted by Gasteiger charge is -2.08. The van der Waals surface area contributed by atoms with E-state index in [1.165, 1.54) is 6.07 Å². The lowest BCUT2D eigenvalue weighted by atomic mass is 10.4. The van der Waals surface area contributed by atoms with E-state index >= 15 is 0 Å². The van der Waals surface area contributed by atoms with E-state index in [0.29, 0.717) is 5.69 Å². The van der Waals surface area contributed by atoms with Crippen LogP contribution >= 0.6 is 15.9 Å². The Morgan fingerprint density at radius 3 is 2.85 bits per heavy atom. The summed E-state index contributed by atoms with van der Waals surface area (Å²) in [6.45, 7) is 3.48. The molecule has 1 aromatic heterocycles. The first kappa shape index (κ1) is 16.2. The van der Waals surface area contributed by atoms with Gasteiger partial charge >= 0.3 is 12.0 Å². The predicted octanol–water partition coefficient (Wildman–Crippen LogP) is 0.526. The number of carbonyl (C=O) groups is 2. The third-order valence-electron chi connectivity index (χ3n) is 2.06. The number of nitrogens with zero attached hydrogens (tertiary/aromatic N) is 1. The Kier molecular flexibility index (Phi) is 6.16. The van der Waals surface area contributed by atoms with Crippen LogP contribution < -0.4 is 16.2 Å². The van der Waals surface area contributed by atoms with Crippen molar-refractivity contribution in [2.24, 2.45) is 0 Å². The number of alkyl halides is 1. The molecule has 0 aliphatic rings. The third-order valence-corrected chi connectivity index (χ3v) is 2.43. The van der Waals surface area contributed by atoms with E-state index in [2.05, 4.69) is 36.5 Å². The van der Waals surface area contributed by atoms with E-state index in [1.54, 1.807) is 13.8 Å². The van der Waals surface area contributed by atoms with Gasteiger partial charge in [-0.1, -0.05) is 15.9 Å². The number of nitrogens with one attached hydrogen (secondary N) is 3. The number of esters is 1. The summed E-state index contributed by atoms with van der Waals surface area (Å²) in [6.07, 6.45) is 0. The summed E-state index contributed by atoms with van der Waals surface area (Å²) in [5.74, 6) is -0.351. The second-order valence-electron chi connectivity index (χ2n) is 3.90. The Bertz CT molecular complexity index is 543. The zero-order valence-electron chi connectivity index (χ0n) is 11.0. The van der Waals surface area contributed by atoms with Crippen molar-refractivity contribution in [3.63, 3.8) is 0 Å². The van der Waals surface area contributed by atoms with Crippen LogP contribution in [0.2, 0.25) is 0 Å². The fraction of sp³-hybridized carbons (Fsp3) is 0.455. The summed E-state index contributed by atoms with van der Waals surface area (Å²) in [5, 5.41) is 4.83. The molecule has 0 aliphatic heterocycles. The maximum Gasteiger partial charge on any atom is 0.321 e. The van der Waals surface area contributed by atoms with Gasteiger partial charge in [0.2, 0.25) is 5.95 Å². The number of aromatic amines is 1. The summed E-state index contributed by atoms with van der Waals surface area (Å²) in [7, 11) is 0. The molecule has 0 spiro atoms. The van der Waals surface area contributed by atoms with E-state index < -0.39 is 16.8 Å². The van der Waals surface area contributed by atoms with Crippen LogP contribution in [-0.2, 0) is 9.53 Å². The smallest absolute Gasteiger partial charge is 0.321 e. The van der Waals surface area contributed by atoms with Gasteiger partial charge in [0.05, 0.1) is 6.54 Å². The molecule has 9 heteroatoms. The first-order valence-electron chi connectivity index (χ1n) is 5.82. The van der Waals surface area contributed by atoms with Gasteiger partial charge in [0.25, 0.3) is 5.56 Å². The standard InChI is InChI=1S/C11H15BrN4O4/c1-6-5-8(17)15-10(14-6)16-11(19)13-3-4-20-9(18)7(2)12/h5,7H,3-4H2,1-2H3,(H3,13,14,15,16,17,19). The van der Waals surface area contributed by atoms with Crippen molar-refractivity contribution >= 4 is 33.9 Å². The van der Waals surface area contributed by atoms with Crippen LogP contribution in [0.3, 0.4) is 0 Å². The number of aryl methyl sites for hydroxylation is 1. The van der Waals surface area contributed by atoms with Crippen molar-refractivity contribution in [1.29, 1.82) is 0 Å². The average molecular weight is 347 g/mol. The molecule has 8 nitrogen and oxygen atoms in total. The van der Waals surface area contributed by atoms with Crippen LogP contribution in [0, 0.1) is 6.92 Å². The first-order valence-corrected chi connectivity index (χ1v) is 6.73. The molecule has 0 radical (unpaired) electrons. The highest BCUT2D eigenvalue weighted by atomic mass is 79.9. The predicted molar refractivity (Wildman–Crippen MR) is 76.0 cm³/mol. The van der Waals surface area contributed by atoms with Crippen LogP contribution in [0.15, 0.2) is 10.9 Å². The van der Waals surface area contributed by atoms with Gasteiger partial charge < -0.3 is 10.1 Å². The Labute approximate surface area is 123 Å². The SMILES string of the molecule is Cc1cc(=O)[nH]c(NC(=O)NCCOC(=O)C(C)Br)n1. The summed E-state index contributed by atoms with van der Waals surface area (Å²) < 4.78 is 4.84. The number of aromatic nitrogens is 2. The van der Waals surface area contributed by atoms with Gasteiger partial charge in [0.15, 0.2) is 0 Å². The van der Waals surface area contributed by atoms with Crippen LogP contribution in [0.5, 0.6) is 0 Å². The molecule has 2 amide bonds. The van der Waals surface area contributed by atoms with Crippen molar-refractivity contribution in [1.82, 2.24) is 15.3 Å². The quantitative estimate of drug-likeness (QED) is 0.408. The summed E-state index contributed by atoms with van der Waals surface area (Å²) in [6, 6.07) is 0.756. The van der Waals surface area contributed by atoms with Crippen molar-refractivity contribution in [3.05, 3.63) is 22.1 Å². The average Bonchev–Trinajstić information content (AvgIpc) is 2.32. The summed E-state index contributed by atoms with van der Waals surface area (Å²) >= 11 is 3.06. The number of urea groups is 1. The molecule has 20 heavy (non-hydrogen) atoms. The van der Waals surface area contributed by atoms with Gasteiger partial charge in [0, 0.05) is 11.8 Å². The number of amides is 2. The van der Waals surface area contributed by atoms with Gasteiger partial charge in [-0.15, -0.1) is 0 Å². The zero-order valence-corrected chi connectivity index (χ0v) is 12.6. The molecule has 1 aromatic rings. The van der Waals surface area contributed by atoms with Crippen LogP contribution in [0.1, 0.15) is 12.6 Å². The molecule has 0 saturated heterocycles. The molecule has 3 N–H and O–H groups in total. The second kappa shape index (κ2) is 7.63. The molecule has 1 rings (SSSR count). The molecule has 0 bridgehead atoms. The number of hydrogen-bond acceptors (Lipinski definition) is 5. The fourth-order valence-electron chi connectivity index (χ4n) is 1.22. The molecule has 110 valence electrons. The highest BCUT2D eigenvalue weighted by Gasteiger charge is 2.10. The number of anilines is 1. The van der Waals surface area contributed by atoms with Crippen LogP contribution in [0.4, 0.5) is 10.7 Å². The molecule has 0 aliphatic carbocycles. The minimum absolute atomic E-state index is 0.0542. The Morgan fingerprint density at radius 1 is 1.55 bits per heavy atom. The van der Waals surface area contributed by atoms with Crippen molar-refractivity contribution in [2.75, 3.05) is 18.5 Å². The monoisotopic (exact) mass is 346 g/mol. The maximum atomic E-state index is 11.5. The van der Waals surface area contributed by atoms with Gasteiger partial charge in [-0.3, -0.25) is 19.9 Å². The summed E-state index contributed by atoms with van der Waals surface area (Å²) in [5.41, 5.74) is 0.136. The Hall–Kier alpha value is -1.90. The van der Waals surface area contributed by atoms with E-state index in [9.17, 15) is 14.4 Å². The number of rotatable bonds is 5. The first-order chi connectivity index (χ1) is 9.38. The Balaban J connectivity index is 2.33.